The largest absolute Gasteiger partial charge is 0.354 e. The molecule has 0 saturated heterocycles. The van der Waals surface area contributed by atoms with E-state index in [0.717, 1.165) is 23.4 Å². The Bertz CT molecular complexity index is 591. The van der Waals surface area contributed by atoms with E-state index in [0.29, 0.717) is 11.0 Å². The van der Waals surface area contributed by atoms with Gasteiger partial charge in [-0.05, 0) is 24.6 Å². The van der Waals surface area contributed by atoms with Crippen molar-refractivity contribution in [3.63, 3.8) is 0 Å². The number of nitrogens with zero attached hydrogens (tertiary/aromatic N) is 3. The first-order chi connectivity index (χ1) is 9.60. The Labute approximate surface area is 132 Å². The van der Waals surface area contributed by atoms with Gasteiger partial charge in [-0.15, -0.1) is 0 Å². The second kappa shape index (κ2) is 6.90. The highest BCUT2D eigenvalue weighted by Crippen LogP contribution is 2.24. The molecule has 0 fully saturated rings. The van der Waals surface area contributed by atoms with Crippen LogP contribution in [-0.4, -0.2) is 23.6 Å². The number of aromatic nitrogens is 2. The van der Waals surface area contributed by atoms with Gasteiger partial charge >= 0.3 is 0 Å². The summed E-state index contributed by atoms with van der Waals surface area (Å²) in [7, 11) is 1.96. The molecule has 0 unspecified atom stereocenters. The summed E-state index contributed by atoms with van der Waals surface area (Å²) in [6.07, 6.45) is 1.62. The van der Waals surface area contributed by atoms with E-state index in [1.165, 1.54) is 5.56 Å². The first-order valence-electron chi connectivity index (χ1n) is 6.32. The summed E-state index contributed by atoms with van der Waals surface area (Å²) in [5.41, 5.74) is 1.18. The Hall–Kier alpha value is -1.33. The average Bonchev–Trinajstić information content (AvgIpc) is 2.41. The topological polar surface area (TPSA) is 41.1 Å². The number of halogens is 2. The Kier molecular flexibility index (Phi) is 5.20. The van der Waals surface area contributed by atoms with Crippen molar-refractivity contribution >= 4 is 39.3 Å². The fourth-order valence-electron chi connectivity index (χ4n) is 1.85. The predicted molar refractivity (Wildman–Crippen MR) is 87.5 cm³/mol. The first kappa shape index (κ1) is 15.1. The molecule has 2 aromatic rings. The van der Waals surface area contributed by atoms with Gasteiger partial charge in [-0.25, -0.2) is 4.98 Å². The van der Waals surface area contributed by atoms with Crippen LogP contribution < -0.4 is 10.2 Å². The Morgan fingerprint density at radius 3 is 2.90 bits per heavy atom. The number of hydrogen-bond acceptors (Lipinski definition) is 4. The summed E-state index contributed by atoms with van der Waals surface area (Å²) in [5.74, 6) is 1.31. The van der Waals surface area contributed by atoms with Crippen LogP contribution in [0.4, 0.5) is 11.8 Å². The molecule has 6 heteroatoms. The standard InChI is InChI=1S/C14H16BrClN4/c1-3-17-14-18-8-12(16)13(19-14)20(2)9-10-5-4-6-11(15)7-10/h4-8H,3,9H2,1-2H3,(H,17,18,19). The summed E-state index contributed by atoms with van der Waals surface area (Å²) in [6, 6.07) is 8.17. The lowest BCUT2D eigenvalue weighted by molar-refractivity contribution is 0.890. The second-order valence-corrected chi connectivity index (χ2v) is 5.70. The Balaban J connectivity index is 2.19. The van der Waals surface area contributed by atoms with Gasteiger partial charge in [-0.3, -0.25) is 0 Å². The van der Waals surface area contributed by atoms with Crippen molar-refractivity contribution in [1.29, 1.82) is 0 Å². The molecule has 1 aromatic heterocycles. The minimum absolute atomic E-state index is 0.546. The van der Waals surface area contributed by atoms with Crippen molar-refractivity contribution in [1.82, 2.24) is 9.97 Å². The average molecular weight is 356 g/mol. The van der Waals surface area contributed by atoms with E-state index in [4.69, 9.17) is 11.6 Å². The third-order valence-corrected chi connectivity index (χ3v) is 3.49. The molecule has 106 valence electrons. The maximum atomic E-state index is 6.19. The van der Waals surface area contributed by atoms with Crippen molar-refractivity contribution in [2.24, 2.45) is 0 Å². The van der Waals surface area contributed by atoms with Crippen molar-refractivity contribution in [2.75, 3.05) is 23.8 Å². The van der Waals surface area contributed by atoms with Gasteiger partial charge < -0.3 is 10.2 Å². The molecule has 0 radical (unpaired) electrons. The van der Waals surface area contributed by atoms with Gasteiger partial charge in [0, 0.05) is 24.6 Å². The third kappa shape index (κ3) is 3.84. The number of hydrogen-bond donors (Lipinski definition) is 1. The third-order valence-electron chi connectivity index (χ3n) is 2.73. The van der Waals surface area contributed by atoms with E-state index >= 15 is 0 Å². The summed E-state index contributed by atoms with van der Waals surface area (Å²) in [5, 5.41) is 3.63. The molecule has 2 rings (SSSR count). The number of nitrogens with one attached hydrogen (secondary N) is 1. The SMILES string of the molecule is CCNc1ncc(Cl)c(N(C)Cc2cccc(Br)c2)n1. The lowest BCUT2D eigenvalue weighted by atomic mass is 10.2. The summed E-state index contributed by atoms with van der Waals surface area (Å²) in [6.45, 7) is 3.50. The van der Waals surface area contributed by atoms with E-state index in [1.54, 1.807) is 6.20 Å². The molecule has 0 bridgehead atoms. The van der Waals surface area contributed by atoms with E-state index < -0.39 is 0 Å². The van der Waals surface area contributed by atoms with Crippen molar-refractivity contribution in [3.05, 3.63) is 45.5 Å². The fourth-order valence-corrected chi connectivity index (χ4v) is 2.54. The van der Waals surface area contributed by atoms with E-state index in [9.17, 15) is 0 Å². The summed E-state index contributed by atoms with van der Waals surface area (Å²) < 4.78 is 1.06. The molecule has 0 saturated carbocycles. The monoisotopic (exact) mass is 354 g/mol. The van der Waals surface area contributed by atoms with Crippen LogP contribution >= 0.6 is 27.5 Å². The first-order valence-corrected chi connectivity index (χ1v) is 7.49. The molecular formula is C14H16BrClN4. The number of rotatable bonds is 5. The molecule has 1 heterocycles. The van der Waals surface area contributed by atoms with Gasteiger partial charge in [0.1, 0.15) is 5.02 Å². The van der Waals surface area contributed by atoms with E-state index in [1.807, 2.05) is 31.0 Å². The van der Waals surface area contributed by atoms with Gasteiger partial charge in [-0.2, -0.15) is 4.98 Å². The molecule has 1 aromatic carbocycles. The van der Waals surface area contributed by atoms with Crippen LogP contribution in [0.3, 0.4) is 0 Å². The second-order valence-electron chi connectivity index (χ2n) is 4.38. The summed E-state index contributed by atoms with van der Waals surface area (Å²) >= 11 is 9.66. The van der Waals surface area contributed by atoms with Crippen LogP contribution in [0.1, 0.15) is 12.5 Å². The molecule has 0 aliphatic rings. The molecule has 0 aliphatic heterocycles. The predicted octanol–water partition coefficient (Wildman–Crippen LogP) is 3.96. The quantitative estimate of drug-likeness (QED) is 0.881. The Morgan fingerprint density at radius 2 is 2.20 bits per heavy atom. The van der Waals surface area contributed by atoms with Gasteiger partial charge in [0.15, 0.2) is 5.82 Å². The van der Waals surface area contributed by atoms with Crippen LogP contribution in [-0.2, 0) is 6.54 Å². The van der Waals surface area contributed by atoms with Crippen LogP contribution in [0.15, 0.2) is 34.9 Å². The zero-order chi connectivity index (χ0) is 14.5. The number of benzene rings is 1. The Morgan fingerprint density at radius 1 is 1.40 bits per heavy atom. The van der Waals surface area contributed by atoms with Crippen molar-refractivity contribution in [3.8, 4) is 0 Å². The normalized spacial score (nSPS) is 10.4. The molecule has 0 aliphatic carbocycles. The smallest absolute Gasteiger partial charge is 0.224 e. The van der Waals surface area contributed by atoms with E-state index in [-0.39, 0.29) is 0 Å². The molecule has 20 heavy (non-hydrogen) atoms. The van der Waals surface area contributed by atoms with Crippen LogP contribution in [0.25, 0.3) is 0 Å². The zero-order valence-corrected chi connectivity index (χ0v) is 13.7. The molecule has 0 atom stereocenters. The minimum Gasteiger partial charge on any atom is -0.354 e. The molecule has 0 amide bonds. The van der Waals surface area contributed by atoms with Gasteiger partial charge in [0.25, 0.3) is 0 Å². The summed E-state index contributed by atoms with van der Waals surface area (Å²) in [4.78, 5) is 10.6. The number of anilines is 2. The highest BCUT2D eigenvalue weighted by atomic mass is 79.9. The van der Waals surface area contributed by atoms with Crippen molar-refractivity contribution < 1.29 is 0 Å². The zero-order valence-electron chi connectivity index (χ0n) is 11.4. The highest BCUT2D eigenvalue weighted by Gasteiger charge is 2.10. The molecule has 1 N–H and O–H groups in total. The minimum atomic E-state index is 0.546. The van der Waals surface area contributed by atoms with Gasteiger partial charge in [0.05, 0.1) is 6.20 Å². The maximum Gasteiger partial charge on any atom is 0.224 e. The lowest BCUT2D eigenvalue weighted by Gasteiger charge is -2.20. The van der Waals surface area contributed by atoms with Crippen molar-refractivity contribution in [2.45, 2.75) is 13.5 Å². The fraction of sp³-hybridized carbons (Fsp3) is 0.286. The molecule has 4 nitrogen and oxygen atoms in total. The lowest BCUT2D eigenvalue weighted by Crippen LogP contribution is -2.19. The van der Waals surface area contributed by atoms with Gasteiger partial charge in [-0.1, -0.05) is 39.7 Å². The van der Waals surface area contributed by atoms with Crippen LogP contribution in [0.2, 0.25) is 5.02 Å². The highest BCUT2D eigenvalue weighted by molar-refractivity contribution is 9.10. The van der Waals surface area contributed by atoms with Crippen LogP contribution in [0, 0.1) is 0 Å². The van der Waals surface area contributed by atoms with Crippen LogP contribution in [0.5, 0.6) is 0 Å². The van der Waals surface area contributed by atoms with Gasteiger partial charge in [0.2, 0.25) is 5.95 Å². The molecule has 0 spiro atoms. The molecular weight excluding hydrogens is 340 g/mol. The maximum absolute atomic E-state index is 6.19. The van der Waals surface area contributed by atoms with E-state index in [2.05, 4.69) is 43.3 Å².